The van der Waals surface area contributed by atoms with Crippen LogP contribution in [0, 0.1) is 6.92 Å². The Morgan fingerprint density at radius 2 is 1.76 bits per heavy atom. The third-order valence-electron chi connectivity index (χ3n) is 4.52. The molecule has 0 bridgehead atoms. The zero-order valence-electron chi connectivity index (χ0n) is 14.1. The zero-order valence-corrected chi connectivity index (χ0v) is 14.1. The largest absolute Gasteiger partial charge is 0.459 e. The van der Waals surface area contributed by atoms with Crippen molar-refractivity contribution < 1.29 is 9.21 Å². The molecular weight excluding hydrogens is 312 g/mol. The lowest BCUT2D eigenvalue weighted by Gasteiger charge is -2.13. The standard InChI is InChI=1S/C21H18N2O2/c1-13-15-7-4-6-10-19(15)25-20(13)14(2)23-21(24)17-11-12-22-18-9-5-3-8-16(17)18/h3-12,14H,1-2H3,(H,23,24). The van der Waals surface area contributed by atoms with E-state index in [0.717, 1.165) is 33.2 Å². The summed E-state index contributed by atoms with van der Waals surface area (Å²) in [4.78, 5) is 17.1. The van der Waals surface area contributed by atoms with Crippen molar-refractivity contribution in [2.24, 2.45) is 0 Å². The molecule has 2 aromatic carbocycles. The highest BCUT2D eigenvalue weighted by Gasteiger charge is 2.19. The number of fused-ring (bicyclic) bond motifs is 2. The highest BCUT2D eigenvalue weighted by Crippen LogP contribution is 2.29. The summed E-state index contributed by atoms with van der Waals surface area (Å²) < 4.78 is 5.96. The molecule has 4 nitrogen and oxygen atoms in total. The van der Waals surface area contributed by atoms with Crippen molar-refractivity contribution in [2.75, 3.05) is 0 Å². The molecule has 0 saturated carbocycles. The van der Waals surface area contributed by atoms with Crippen molar-refractivity contribution in [2.45, 2.75) is 19.9 Å². The van der Waals surface area contributed by atoms with Crippen molar-refractivity contribution >= 4 is 27.8 Å². The van der Waals surface area contributed by atoms with E-state index in [1.165, 1.54) is 0 Å². The molecule has 4 aromatic rings. The van der Waals surface area contributed by atoms with E-state index < -0.39 is 0 Å². The van der Waals surface area contributed by atoms with Crippen LogP contribution in [0.5, 0.6) is 0 Å². The van der Waals surface area contributed by atoms with Crippen LogP contribution >= 0.6 is 0 Å². The van der Waals surface area contributed by atoms with E-state index in [2.05, 4.69) is 10.3 Å². The number of nitrogens with zero attached hydrogens (tertiary/aromatic N) is 1. The molecule has 4 rings (SSSR count). The fourth-order valence-electron chi connectivity index (χ4n) is 3.24. The Bertz CT molecular complexity index is 1080. The molecule has 0 aliphatic heterocycles. The van der Waals surface area contributed by atoms with Crippen molar-refractivity contribution in [1.29, 1.82) is 0 Å². The van der Waals surface area contributed by atoms with Gasteiger partial charge in [0.15, 0.2) is 0 Å². The van der Waals surface area contributed by atoms with Gasteiger partial charge in [0.1, 0.15) is 11.3 Å². The van der Waals surface area contributed by atoms with E-state index in [1.54, 1.807) is 12.3 Å². The van der Waals surface area contributed by atoms with Gasteiger partial charge in [0.25, 0.3) is 5.91 Å². The number of pyridine rings is 1. The summed E-state index contributed by atoms with van der Waals surface area (Å²) in [5, 5.41) is 4.97. The normalized spacial score (nSPS) is 12.4. The van der Waals surface area contributed by atoms with Crippen LogP contribution < -0.4 is 5.32 Å². The molecule has 1 amide bonds. The van der Waals surface area contributed by atoms with Gasteiger partial charge >= 0.3 is 0 Å². The Kier molecular flexibility index (Phi) is 3.73. The summed E-state index contributed by atoms with van der Waals surface area (Å²) in [6, 6.07) is 17.1. The minimum absolute atomic E-state index is 0.133. The van der Waals surface area contributed by atoms with Crippen molar-refractivity contribution in [3.05, 3.63) is 77.7 Å². The van der Waals surface area contributed by atoms with Gasteiger partial charge in [0, 0.05) is 22.5 Å². The second-order valence-corrected chi connectivity index (χ2v) is 6.16. The van der Waals surface area contributed by atoms with Gasteiger partial charge in [-0.05, 0) is 32.0 Å². The van der Waals surface area contributed by atoms with E-state index in [9.17, 15) is 4.79 Å². The van der Waals surface area contributed by atoms with Crippen LogP contribution in [0.4, 0.5) is 0 Å². The Balaban J connectivity index is 1.66. The summed E-state index contributed by atoms with van der Waals surface area (Å²) in [5.41, 5.74) is 3.32. The molecule has 0 spiro atoms. The molecule has 0 radical (unpaired) electrons. The number of benzene rings is 2. The highest BCUT2D eigenvalue weighted by molar-refractivity contribution is 6.06. The maximum Gasteiger partial charge on any atom is 0.252 e. The number of aryl methyl sites for hydroxylation is 1. The quantitative estimate of drug-likeness (QED) is 0.588. The van der Waals surface area contributed by atoms with Gasteiger partial charge in [0.2, 0.25) is 0 Å². The number of hydrogen-bond donors (Lipinski definition) is 1. The molecule has 1 atom stereocenters. The molecule has 124 valence electrons. The maximum absolute atomic E-state index is 12.8. The van der Waals surface area contributed by atoms with Crippen molar-refractivity contribution in [1.82, 2.24) is 10.3 Å². The average Bonchev–Trinajstić information content (AvgIpc) is 2.98. The van der Waals surface area contributed by atoms with Crippen LogP contribution in [0.25, 0.3) is 21.9 Å². The number of furan rings is 1. The molecular formula is C21H18N2O2. The monoisotopic (exact) mass is 330 g/mol. The molecule has 0 fully saturated rings. The van der Waals surface area contributed by atoms with Gasteiger partial charge in [-0.15, -0.1) is 0 Å². The SMILES string of the molecule is Cc1c(C(C)NC(=O)c2ccnc3ccccc23)oc2ccccc12. The van der Waals surface area contributed by atoms with Gasteiger partial charge in [-0.3, -0.25) is 9.78 Å². The van der Waals surface area contributed by atoms with Crippen LogP contribution in [0.15, 0.2) is 65.2 Å². The lowest BCUT2D eigenvalue weighted by molar-refractivity contribution is 0.0937. The fraction of sp³-hybridized carbons (Fsp3) is 0.143. The smallest absolute Gasteiger partial charge is 0.252 e. The molecule has 0 aliphatic carbocycles. The molecule has 1 N–H and O–H groups in total. The molecule has 25 heavy (non-hydrogen) atoms. The summed E-state index contributed by atoms with van der Waals surface area (Å²) in [6.45, 7) is 3.96. The Labute approximate surface area is 145 Å². The van der Waals surface area contributed by atoms with Crippen LogP contribution in [0.1, 0.15) is 34.6 Å². The van der Waals surface area contributed by atoms with E-state index >= 15 is 0 Å². The second kappa shape index (κ2) is 6.06. The molecule has 0 saturated heterocycles. The Hall–Kier alpha value is -3.14. The summed E-state index contributed by atoms with van der Waals surface area (Å²) in [5.74, 6) is 0.652. The topological polar surface area (TPSA) is 55.1 Å². The van der Waals surface area contributed by atoms with Crippen LogP contribution in [0.3, 0.4) is 0 Å². The van der Waals surface area contributed by atoms with E-state index in [0.29, 0.717) is 5.56 Å². The minimum Gasteiger partial charge on any atom is -0.459 e. The number of nitrogens with one attached hydrogen (secondary N) is 1. The van der Waals surface area contributed by atoms with E-state index in [1.807, 2.05) is 62.4 Å². The van der Waals surface area contributed by atoms with Gasteiger partial charge in [-0.1, -0.05) is 36.4 Å². The minimum atomic E-state index is -0.230. The van der Waals surface area contributed by atoms with Crippen LogP contribution in [-0.2, 0) is 0 Å². The van der Waals surface area contributed by atoms with Gasteiger partial charge < -0.3 is 9.73 Å². The van der Waals surface area contributed by atoms with Gasteiger partial charge in [-0.25, -0.2) is 0 Å². The lowest BCUT2D eigenvalue weighted by Crippen LogP contribution is -2.27. The third-order valence-corrected chi connectivity index (χ3v) is 4.52. The summed E-state index contributed by atoms with van der Waals surface area (Å²) >= 11 is 0. The fourth-order valence-corrected chi connectivity index (χ4v) is 3.24. The van der Waals surface area contributed by atoms with Gasteiger partial charge in [0.05, 0.1) is 17.1 Å². The number of carbonyl (C=O) groups is 1. The number of hydrogen-bond acceptors (Lipinski definition) is 3. The number of amides is 1. The number of carbonyl (C=O) groups excluding carboxylic acids is 1. The Morgan fingerprint density at radius 3 is 2.56 bits per heavy atom. The molecule has 0 aliphatic rings. The average molecular weight is 330 g/mol. The highest BCUT2D eigenvalue weighted by atomic mass is 16.3. The first kappa shape index (κ1) is 15.4. The van der Waals surface area contributed by atoms with Gasteiger partial charge in [-0.2, -0.15) is 0 Å². The second-order valence-electron chi connectivity index (χ2n) is 6.16. The Morgan fingerprint density at radius 1 is 1.04 bits per heavy atom. The number of aromatic nitrogens is 1. The first-order valence-corrected chi connectivity index (χ1v) is 8.28. The molecule has 2 heterocycles. The zero-order chi connectivity index (χ0) is 17.4. The first-order chi connectivity index (χ1) is 12.1. The predicted octanol–water partition coefficient (Wildman–Crippen LogP) is 4.78. The first-order valence-electron chi connectivity index (χ1n) is 8.28. The lowest BCUT2D eigenvalue weighted by atomic mass is 10.1. The predicted molar refractivity (Wildman–Crippen MR) is 98.6 cm³/mol. The number of para-hydroxylation sites is 2. The summed E-state index contributed by atoms with van der Waals surface area (Å²) in [6.07, 6.45) is 1.66. The van der Waals surface area contributed by atoms with E-state index in [4.69, 9.17) is 4.42 Å². The summed E-state index contributed by atoms with van der Waals surface area (Å²) in [7, 11) is 0. The number of rotatable bonds is 3. The van der Waals surface area contributed by atoms with Crippen LogP contribution in [0.2, 0.25) is 0 Å². The molecule has 4 heteroatoms. The maximum atomic E-state index is 12.8. The van der Waals surface area contributed by atoms with Crippen molar-refractivity contribution in [3.8, 4) is 0 Å². The van der Waals surface area contributed by atoms with E-state index in [-0.39, 0.29) is 11.9 Å². The molecule has 2 aromatic heterocycles. The van der Waals surface area contributed by atoms with Crippen molar-refractivity contribution in [3.63, 3.8) is 0 Å². The van der Waals surface area contributed by atoms with Crippen LogP contribution in [-0.4, -0.2) is 10.9 Å². The third kappa shape index (κ3) is 2.66. The molecule has 1 unspecified atom stereocenters.